The van der Waals surface area contributed by atoms with E-state index in [1.54, 1.807) is 19.0 Å². The predicted molar refractivity (Wildman–Crippen MR) is 80.8 cm³/mol. The first-order valence-corrected chi connectivity index (χ1v) is 7.11. The van der Waals surface area contributed by atoms with Crippen LogP contribution in [0.4, 0.5) is 0 Å². The van der Waals surface area contributed by atoms with Crippen LogP contribution in [0.1, 0.15) is 19.8 Å². The smallest absolute Gasteiger partial charge is 0.243 e. The van der Waals surface area contributed by atoms with E-state index in [-0.39, 0.29) is 12.5 Å². The molecule has 0 unspecified atom stereocenters. The molecule has 0 aromatic carbocycles. The summed E-state index contributed by atoms with van der Waals surface area (Å²) < 4.78 is 5.28. The molecule has 0 bridgehead atoms. The first-order chi connectivity index (χ1) is 9.63. The van der Waals surface area contributed by atoms with Gasteiger partial charge in [-0.05, 0) is 19.8 Å². The summed E-state index contributed by atoms with van der Waals surface area (Å²) in [5.41, 5.74) is 1.42. The van der Waals surface area contributed by atoms with Gasteiger partial charge in [-0.15, -0.1) is 0 Å². The van der Waals surface area contributed by atoms with Gasteiger partial charge in [0.1, 0.15) is 6.54 Å². The molecule has 0 aromatic rings. The number of amides is 1. The second-order valence-electron chi connectivity index (χ2n) is 4.85. The molecule has 0 aromatic heterocycles. The van der Waals surface area contributed by atoms with E-state index in [1.807, 2.05) is 6.92 Å². The van der Waals surface area contributed by atoms with Crippen LogP contribution in [0.25, 0.3) is 0 Å². The molecule has 1 aliphatic rings. The monoisotopic (exact) mass is 282 g/mol. The quantitative estimate of drug-likeness (QED) is 0.419. The largest absolute Gasteiger partial charge is 0.377 e. The van der Waals surface area contributed by atoms with Crippen molar-refractivity contribution in [2.24, 2.45) is 4.99 Å². The molecule has 0 fully saturated rings. The zero-order chi connectivity index (χ0) is 14.8. The minimum absolute atomic E-state index is 0.00524. The second-order valence-corrected chi connectivity index (χ2v) is 4.85. The Kier molecular flexibility index (Phi) is 7.72. The Morgan fingerprint density at radius 3 is 2.85 bits per heavy atom. The maximum absolute atomic E-state index is 11.5. The van der Waals surface area contributed by atoms with Crippen molar-refractivity contribution in [2.45, 2.75) is 19.8 Å². The number of carbonyl (C=O) groups excluding carboxylic acids is 1. The molecule has 1 heterocycles. The van der Waals surface area contributed by atoms with Crippen LogP contribution in [0.2, 0.25) is 0 Å². The highest BCUT2D eigenvalue weighted by atomic mass is 16.5. The van der Waals surface area contributed by atoms with Crippen LogP contribution in [-0.2, 0) is 9.53 Å². The molecule has 20 heavy (non-hydrogen) atoms. The van der Waals surface area contributed by atoms with E-state index in [9.17, 15) is 4.79 Å². The highest BCUT2D eigenvalue weighted by Gasteiger charge is 2.05. The fourth-order valence-corrected chi connectivity index (χ4v) is 1.76. The SMILES string of the molecule is CCNC(=NCC(=O)N(C)C)NCCC1=CCOCC1. The van der Waals surface area contributed by atoms with Gasteiger partial charge in [0, 0.05) is 27.2 Å². The predicted octanol–water partition coefficient (Wildman–Crippen LogP) is 0.367. The highest BCUT2D eigenvalue weighted by molar-refractivity contribution is 5.84. The molecule has 0 aliphatic carbocycles. The lowest BCUT2D eigenvalue weighted by atomic mass is 10.1. The maximum Gasteiger partial charge on any atom is 0.243 e. The van der Waals surface area contributed by atoms with E-state index in [2.05, 4.69) is 21.7 Å². The molecule has 0 saturated carbocycles. The number of nitrogens with one attached hydrogen (secondary N) is 2. The number of guanidine groups is 1. The van der Waals surface area contributed by atoms with Gasteiger partial charge in [-0.25, -0.2) is 4.99 Å². The third-order valence-electron chi connectivity index (χ3n) is 3.01. The third kappa shape index (κ3) is 6.56. The number of hydrogen-bond acceptors (Lipinski definition) is 3. The minimum atomic E-state index is -0.00524. The number of ether oxygens (including phenoxy) is 1. The first-order valence-electron chi connectivity index (χ1n) is 7.11. The van der Waals surface area contributed by atoms with Gasteiger partial charge in [-0.1, -0.05) is 11.6 Å². The van der Waals surface area contributed by atoms with Crippen LogP contribution in [0.3, 0.4) is 0 Å². The highest BCUT2D eigenvalue weighted by Crippen LogP contribution is 2.10. The van der Waals surface area contributed by atoms with Crippen molar-refractivity contribution in [3.8, 4) is 0 Å². The molecular formula is C14H26N4O2. The summed E-state index contributed by atoms with van der Waals surface area (Å²) in [5, 5.41) is 6.39. The third-order valence-corrected chi connectivity index (χ3v) is 3.01. The lowest BCUT2D eigenvalue weighted by Crippen LogP contribution is -2.39. The van der Waals surface area contributed by atoms with Crippen LogP contribution in [0.15, 0.2) is 16.6 Å². The van der Waals surface area contributed by atoms with Gasteiger partial charge in [-0.2, -0.15) is 0 Å². The van der Waals surface area contributed by atoms with Crippen LogP contribution < -0.4 is 10.6 Å². The summed E-state index contributed by atoms with van der Waals surface area (Å²) in [6.07, 6.45) is 4.13. The molecule has 2 N–H and O–H groups in total. The number of carbonyl (C=O) groups is 1. The van der Waals surface area contributed by atoms with Gasteiger partial charge in [0.15, 0.2) is 5.96 Å². The summed E-state index contributed by atoms with van der Waals surface area (Å²) in [6, 6.07) is 0. The zero-order valence-corrected chi connectivity index (χ0v) is 12.7. The van der Waals surface area contributed by atoms with Crippen LogP contribution in [-0.4, -0.2) is 63.7 Å². The van der Waals surface area contributed by atoms with Gasteiger partial charge in [0.2, 0.25) is 5.91 Å². The van der Waals surface area contributed by atoms with Crippen molar-refractivity contribution in [3.05, 3.63) is 11.6 Å². The van der Waals surface area contributed by atoms with Crippen molar-refractivity contribution in [3.63, 3.8) is 0 Å². The standard InChI is InChI=1S/C14H26N4O2/c1-4-15-14(17-11-13(19)18(2)3)16-8-5-12-6-9-20-10-7-12/h6H,4-5,7-11H2,1-3H3,(H2,15,16,17). The van der Waals surface area contributed by atoms with E-state index >= 15 is 0 Å². The van der Waals surface area contributed by atoms with Crippen molar-refractivity contribution >= 4 is 11.9 Å². The summed E-state index contributed by atoms with van der Waals surface area (Å²) in [4.78, 5) is 17.3. The van der Waals surface area contributed by atoms with Gasteiger partial charge in [0.05, 0.1) is 13.2 Å². The molecule has 1 amide bonds. The maximum atomic E-state index is 11.5. The molecule has 1 aliphatic heterocycles. The van der Waals surface area contributed by atoms with Crippen molar-refractivity contribution in [1.82, 2.24) is 15.5 Å². The lowest BCUT2D eigenvalue weighted by molar-refractivity contribution is -0.127. The summed E-state index contributed by atoms with van der Waals surface area (Å²) in [7, 11) is 3.46. The molecule has 114 valence electrons. The van der Waals surface area contributed by atoms with Crippen molar-refractivity contribution in [2.75, 3.05) is 46.9 Å². The Bertz CT molecular complexity index is 364. The topological polar surface area (TPSA) is 66.0 Å². The summed E-state index contributed by atoms with van der Waals surface area (Å²) in [6.45, 7) is 5.30. The molecule has 1 rings (SSSR count). The molecule has 0 saturated heterocycles. The minimum Gasteiger partial charge on any atom is -0.377 e. The second kappa shape index (κ2) is 9.36. The van der Waals surface area contributed by atoms with Crippen LogP contribution >= 0.6 is 0 Å². The Balaban J connectivity index is 2.35. The van der Waals surface area contributed by atoms with E-state index in [0.717, 1.165) is 39.1 Å². The van der Waals surface area contributed by atoms with Crippen molar-refractivity contribution in [1.29, 1.82) is 0 Å². The van der Waals surface area contributed by atoms with E-state index in [4.69, 9.17) is 4.74 Å². The zero-order valence-electron chi connectivity index (χ0n) is 12.7. The number of hydrogen-bond donors (Lipinski definition) is 2. The Morgan fingerprint density at radius 1 is 1.45 bits per heavy atom. The number of nitrogens with zero attached hydrogens (tertiary/aromatic N) is 2. The molecule has 6 heteroatoms. The van der Waals surface area contributed by atoms with Crippen LogP contribution in [0.5, 0.6) is 0 Å². The molecule has 0 radical (unpaired) electrons. The Hall–Kier alpha value is -1.56. The van der Waals surface area contributed by atoms with Gasteiger partial charge < -0.3 is 20.3 Å². The number of aliphatic imine (C=N–C) groups is 1. The summed E-state index contributed by atoms with van der Waals surface area (Å²) in [5.74, 6) is 0.685. The van der Waals surface area contributed by atoms with Gasteiger partial charge >= 0.3 is 0 Å². The number of likely N-dealkylation sites (N-methyl/N-ethyl adjacent to an activating group) is 1. The average Bonchev–Trinajstić information content (AvgIpc) is 2.45. The normalized spacial score (nSPS) is 15.6. The summed E-state index contributed by atoms with van der Waals surface area (Å²) >= 11 is 0. The van der Waals surface area contributed by atoms with E-state index < -0.39 is 0 Å². The molecular weight excluding hydrogens is 256 g/mol. The van der Waals surface area contributed by atoms with E-state index in [1.165, 1.54) is 5.57 Å². The van der Waals surface area contributed by atoms with Gasteiger partial charge in [-0.3, -0.25) is 4.79 Å². The number of rotatable bonds is 6. The molecule has 6 nitrogen and oxygen atoms in total. The first kappa shape index (κ1) is 16.5. The van der Waals surface area contributed by atoms with Crippen molar-refractivity contribution < 1.29 is 9.53 Å². The average molecular weight is 282 g/mol. The van der Waals surface area contributed by atoms with Crippen LogP contribution in [0, 0.1) is 0 Å². The Morgan fingerprint density at radius 2 is 2.25 bits per heavy atom. The fourth-order valence-electron chi connectivity index (χ4n) is 1.76. The van der Waals surface area contributed by atoms with E-state index in [0.29, 0.717) is 5.96 Å². The molecule has 0 atom stereocenters. The van der Waals surface area contributed by atoms with Gasteiger partial charge in [0.25, 0.3) is 0 Å². The Labute approximate surface area is 121 Å². The fraction of sp³-hybridized carbons (Fsp3) is 0.714. The molecule has 0 spiro atoms. The lowest BCUT2D eigenvalue weighted by Gasteiger charge is -2.15.